The number of carbonyl (C=O) groups is 1. The Bertz CT molecular complexity index is 1080. The molecule has 0 spiro atoms. The average Bonchev–Trinajstić information content (AvgIpc) is 2.87. The second-order valence-electron chi connectivity index (χ2n) is 10.8. The van der Waals surface area contributed by atoms with Crippen LogP contribution in [0.15, 0.2) is 60.7 Å². The zero-order chi connectivity index (χ0) is 27.8. The van der Waals surface area contributed by atoms with E-state index in [9.17, 15) is 13.2 Å². The number of hydroxylamine groups is 2. The van der Waals surface area contributed by atoms with Crippen molar-refractivity contribution in [1.29, 1.82) is 0 Å². The van der Waals surface area contributed by atoms with Crippen LogP contribution < -0.4 is 10.4 Å². The summed E-state index contributed by atoms with van der Waals surface area (Å²) in [5, 5.41) is 3.21. The molecule has 2 aromatic rings. The van der Waals surface area contributed by atoms with Gasteiger partial charge in [-0.2, -0.15) is 8.42 Å². The summed E-state index contributed by atoms with van der Waals surface area (Å²) in [6.07, 6.45) is 3.12. The quantitative estimate of drug-likeness (QED) is 0.209. The first kappa shape index (κ1) is 30.5. The minimum absolute atomic E-state index is 0.135. The Kier molecular flexibility index (Phi) is 10.7. The van der Waals surface area contributed by atoms with Gasteiger partial charge in [0.25, 0.3) is 24.3 Å². The van der Waals surface area contributed by atoms with E-state index in [-0.39, 0.29) is 23.8 Å². The molecule has 1 aliphatic heterocycles. The van der Waals surface area contributed by atoms with Gasteiger partial charge in [0.2, 0.25) is 0 Å². The summed E-state index contributed by atoms with van der Waals surface area (Å²) >= 11 is 0. The van der Waals surface area contributed by atoms with Crippen LogP contribution in [0.4, 0.5) is 0 Å². The van der Waals surface area contributed by atoms with Crippen molar-refractivity contribution in [1.82, 2.24) is 5.06 Å². The molecule has 38 heavy (non-hydrogen) atoms. The van der Waals surface area contributed by atoms with E-state index in [4.69, 9.17) is 18.2 Å². The third kappa shape index (κ3) is 7.52. The molecule has 1 amide bonds. The van der Waals surface area contributed by atoms with Crippen molar-refractivity contribution in [3.63, 3.8) is 0 Å². The minimum Gasteiger partial charge on any atom is -0.407 e. The Morgan fingerprint density at radius 2 is 1.50 bits per heavy atom. The fourth-order valence-electron chi connectivity index (χ4n) is 5.24. The summed E-state index contributed by atoms with van der Waals surface area (Å²) < 4.78 is 46.3. The van der Waals surface area contributed by atoms with Crippen LogP contribution in [-0.2, 0) is 33.1 Å². The van der Waals surface area contributed by atoms with Crippen LogP contribution in [0.3, 0.4) is 0 Å². The lowest BCUT2D eigenvalue weighted by molar-refractivity contribution is -0.179. The van der Waals surface area contributed by atoms with Crippen LogP contribution >= 0.6 is 0 Å². The highest BCUT2D eigenvalue weighted by atomic mass is 32.2. The van der Waals surface area contributed by atoms with E-state index in [1.54, 1.807) is 0 Å². The van der Waals surface area contributed by atoms with Gasteiger partial charge in [0, 0.05) is 19.6 Å². The molecule has 3 rings (SSSR count). The summed E-state index contributed by atoms with van der Waals surface area (Å²) in [7, 11) is -5.07. The standard InChI is InChI=1S/C28H41NO7SSi/c1-28(2,3)38(25-12-8-6-9-13-25,26-14-10-7-11-15-26)35-21-18-23-16-17-24(19-20-34-22-33-4)29(27(23)30)36-37(5,31)32/h6-15,23-24H,16-22H2,1-5H3/t23-,24+/m0/s1. The number of carbonyl (C=O) groups excluding carboxylic acids is 1. The van der Waals surface area contributed by atoms with Crippen LogP contribution in [0, 0.1) is 5.92 Å². The zero-order valence-corrected chi connectivity index (χ0v) is 24.9. The van der Waals surface area contributed by atoms with Crippen molar-refractivity contribution in [3.8, 4) is 0 Å². The molecule has 0 radical (unpaired) electrons. The van der Waals surface area contributed by atoms with Crippen LogP contribution in [0.1, 0.15) is 46.5 Å². The number of nitrogens with zero attached hydrogens (tertiary/aromatic N) is 1. The molecule has 0 N–H and O–H groups in total. The molecule has 0 saturated carbocycles. The molecule has 0 unspecified atom stereocenters. The average molecular weight is 564 g/mol. The third-order valence-corrected chi connectivity index (χ3v) is 12.4. The second-order valence-corrected chi connectivity index (χ2v) is 16.6. The molecule has 210 valence electrons. The summed E-state index contributed by atoms with van der Waals surface area (Å²) in [6, 6.07) is 20.3. The van der Waals surface area contributed by atoms with Crippen molar-refractivity contribution in [2.24, 2.45) is 5.92 Å². The molecule has 0 bridgehead atoms. The summed E-state index contributed by atoms with van der Waals surface area (Å²) in [4.78, 5) is 13.4. The van der Waals surface area contributed by atoms with Gasteiger partial charge in [0.1, 0.15) is 6.79 Å². The maximum absolute atomic E-state index is 13.4. The Morgan fingerprint density at radius 3 is 2.00 bits per heavy atom. The maximum Gasteiger partial charge on any atom is 0.285 e. The van der Waals surface area contributed by atoms with Gasteiger partial charge >= 0.3 is 0 Å². The van der Waals surface area contributed by atoms with Crippen molar-refractivity contribution >= 4 is 34.7 Å². The number of ether oxygens (including phenoxy) is 2. The van der Waals surface area contributed by atoms with Gasteiger partial charge in [-0.1, -0.05) is 81.4 Å². The largest absolute Gasteiger partial charge is 0.407 e. The van der Waals surface area contributed by atoms with Gasteiger partial charge in [-0.3, -0.25) is 4.79 Å². The van der Waals surface area contributed by atoms with Crippen LogP contribution in [0.2, 0.25) is 5.04 Å². The van der Waals surface area contributed by atoms with E-state index in [1.165, 1.54) is 17.5 Å². The summed E-state index contributed by atoms with van der Waals surface area (Å²) in [5.41, 5.74) is 0. The Morgan fingerprint density at radius 1 is 0.921 bits per heavy atom. The SMILES string of the molecule is COCOCC[C@H]1CC[C@@H](CCO[Si](c2ccccc2)(c2ccccc2)C(C)(C)C)C(=O)N1OS(C)(=O)=O. The first-order chi connectivity index (χ1) is 18.0. The highest BCUT2D eigenvalue weighted by molar-refractivity contribution is 7.85. The normalized spacial score (nSPS) is 19.1. The number of rotatable bonds is 13. The molecular formula is C28H41NO7SSi. The summed E-state index contributed by atoms with van der Waals surface area (Å²) in [5.74, 6) is -0.726. The number of amides is 1. The van der Waals surface area contributed by atoms with Crippen LogP contribution in [0.5, 0.6) is 0 Å². The van der Waals surface area contributed by atoms with E-state index in [1.807, 2.05) is 36.4 Å². The Labute approximate surface area is 228 Å². The lowest BCUT2D eigenvalue weighted by atomic mass is 9.90. The van der Waals surface area contributed by atoms with Crippen LogP contribution in [0.25, 0.3) is 0 Å². The molecule has 0 aliphatic carbocycles. The number of hydrogen-bond donors (Lipinski definition) is 0. The van der Waals surface area contributed by atoms with Gasteiger partial charge in [-0.25, -0.2) is 5.06 Å². The zero-order valence-electron chi connectivity index (χ0n) is 23.1. The van der Waals surface area contributed by atoms with E-state index in [0.29, 0.717) is 38.9 Å². The lowest BCUT2D eigenvalue weighted by Crippen LogP contribution is -2.66. The number of piperidine rings is 1. The smallest absolute Gasteiger partial charge is 0.285 e. The predicted molar refractivity (Wildman–Crippen MR) is 150 cm³/mol. The molecule has 2 aromatic carbocycles. The lowest BCUT2D eigenvalue weighted by Gasteiger charge is -2.43. The number of benzene rings is 2. The van der Waals surface area contributed by atoms with Crippen molar-refractivity contribution in [2.45, 2.75) is 57.5 Å². The van der Waals surface area contributed by atoms with Crippen molar-refractivity contribution < 1.29 is 31.4 Å². The third-order valence-electron chi connectivity index (χ3n) is 6.96. The first-order valence-corrected chi connectivity index (χ1v) is 16.8. The maximum atomic E-state index is 13.4. The molecular weight excluding hydrogens is 522 g/mol. The molecule has 8 nitrogen and oxygen atoms in total. The summed E-state index contributed by atoms with van der Waals surface area (Å²) in [6.45, 7) is 7.47. The fraction of sp³-hybridized carbons (Fsp3) is 0.536. The van der Waals surface area contributed by atoms with Gasteiger partial charge in [0.05, 0.1) is 18.9 Å². The molecule has 0 aromatic heterocycles. The van der Waals surface area contributed by atoms with Crippen molar-refractivity contribution in [3.05, 3.63) is 60.7 Å². The Balaban J connectivity index is 1.80. The first-order valence-electron chi connectivity index (χ1n) is 13.0. The van der Waals surface area contributed by atoms with Gasteiger partial charge in [-0.05, 0) is 41.1 Å². The highest BCUT2D eigenvalue weighted by Crippen LogP contribution is 2.37. The van der Waals surface area contributed by atoms with E-state index in [2.05, 4.69) is 45.0 Å². The molecule has 1 aliphatic rings. The van der Waals surface area contributed by atoms with Gasteiger partial charge < -0.3 is 13.9 Å². The molecule has 1 fully saturated rings. The van der Waals surface area contributed by atoms with Gasteiger partial charge in [0.15, 0.2) is 0 Å². The van der Waals surface area contributed by atoms with Crippen LogP contribution in [-0.4, -0.2) is 67.1 Å². The van der Waals surface area contributed by atoms with E-state index < -0.39 is 24.4 Å². The monoisotopic (exact) mass is 563 g/mol. The molecule has 10 heteroatoms. The topological polar surface area (TPSA) is 91.4 Å². The minimum atomic E-state index is -3.87. The molecule has 2 atom stereocenters. The number of hydrogen-bond acceptors (Lipinski definition) is 7. The Hall–Kier alpha value is -2.08. The van der Waals surface area contributed by atoms with E-state index in [0.717, 1.165) is 11.3 Å². The second kappa shape index (κ2) is 13.3. The fourth-order valence-corrected chi connectivity index (χ4v) is 10.3. The number of methoxy groups -OCH3 is 1. The van der Waals surface area contributed by atoms with Crippen molar-refractivity contribution in [2.75, 3.05) is 33.4 Å². The molecule has 1 heterocycles. The molecule has 1 saturated heterocycles. The predicted octanol–water partition coefficient (Wildman–Crippen LogP) is 3.46. The van der Waals surface area contributed by atoms with Gasteiger partial charge in [-0.15, -0.1) is 4.28 Å². The van der Waals surface area contributed by atoms with E-state index >= 15 is 0 Å². The highest BCUT2D eigenvalue weighted by Gasteiger charge is 2.50.